The van der Waals surface area contributed by atoms with Crippen molar-refractivity contribution in [2.24, 2.45) is 0 Å². The molecule has 0 heterocycles. The maximum absolute atomic E-state index is 12.2. The van der Waals surface area contributed by atoms with Gasteiger partial charge < -0.3 is 19.5 Å². The maximum Gasteiger partial charge on any atom is 0.339 e. The summed E-state index contributed by atoms with van der Waals surface area (Å²) in [5.74, 6) is 0.264. The Balaban J connectivity index is 2.01. The first-order valence-corrected chi connectivity index (χ1v) is 8.46. The number of carbonyl (C=O) groups excluding carboxylic acids is 2. The third-order valence-electron chi connectivity index (χ3n) is 3.52. The molecule has 1 atom stereocenters. The zero-order valence-electron chi connectivity index (χ0n) is 14.5. The minimum Gasteiger partial charge on any atom is -0.490 e. The molecule has 1 aliphatic rings. The van der Waals surface area contributed by atoms with E-state index >= 15 is 0 Å². The van der Waals surface area contributed by atoms with E-state index in [2.05, 4.69) is 5.32 Å². The highest BCUT2D eigenvalue weighted by molar-refractivity contribution is 5.93. The van der Waals surface area contributed by atoms with Crippen molar-refractivity contribution >= 4 is 11.9 Å². The van der Waals surface area contributed by atoms with Gasteiger partial charge in [0.1, 0.15) is 0 Å². The number of benzene rings is 1. The van der Waals surface area contributed by atoms with E-state index in [0.717, 1.165) is 19.3 Å². The average molecular weight is 335 g/mol. The zero-order valence-corrected chi connectivity index (χ0v) is 14.5. The van der Waals surface area contributed by atoms with Crippen molar-refractivity contribution in [1.82, 2.24) is 5.32 Å². The van der Waals surface area contributed by atoms with Crippen molar-refractivity contribution in [2.45, 2.75) is 52.2 Å². The Morgan fingerprint density at radius 3 is 2.58 bits per heavy atom. The normalized spacial score (nSPS) is 14.6. The van der Waals surface area contributed by atoms with Crippen LogP contribution in [0.15, 0.2) is 18.2 Å². The summed E-state index contributed by atoms with van der Waals surface area (Å²) in [5, 5.41) is 2.81. The molecule has 1 fully saturated rings. The van der Waals surface area contributed by atoms with Gasteiger partial charge in [0, 0.05) is 6.04 Å². The van der Waals surface area contributed by atoms with Crippen LogP contribution < -0.4 is 14.8 Å². The number of nitrogens with one attached hydrogen (secondary N) is 1. The first-order valence-electron chi connectivity index (χ1n) is 8.46. The van der Waals surface area contributed by atoms with E-state index < -0.39 is 12.1 Å². The van der Waals surface area contributed by atoms with Crippen molar-refractivity contribution in [2.75, 3.05) is 13.2 Å². The number of amides is 1. The minimum atomic E-state index is -0.829. The lowest BCUT2D eigenvalue weighted by atomic mass is 10.2. The van der Waals surface area contributed by atoms with E-state index in [0.29, 0.717) is 30.3 Å². The minimum absolute atomic E-state index is 0.234. The summed E-state index contributed by atoms with van der Waals surface area (Å²) in [5.41, 5.74) is 0.327. The average Bonchev–Trinajstić information content (AvgIpc) is 3.37. The smallest absolute Gasteiger partial charge is 0.339 e. The second-order valence-electron chi connectivity index (χ2n) is 5.77. The molecule has 2 rings (SSSR count). The van der Waals surface area contributed by atoms with Gasteiger partial charge in [-0.1, -0.05) is 6.92 Å². The van der Waals surface area contributed by atoms with Gasteiger partial charge in [0.05, 0.1) is 18.8 Å². The molecule has 0 unspecified atom stereocenters. The van der Waals surface area contributed by atoms with Crippen LogP contribution in [0.1, 0.15) is 50.4 Å². The lowest BCUT2D eigenvalue weighted by Gasteiger charge is -2.15. The molecule has 0 bridgehead atoms. The summed E-state index contributed by atoms with van der Waals surface area (Å²) in [6.45, 7) is 6.47. The van der Waals surface area contributed by atoms with Crippen LogP contribution in [0.25, 0.3) is 0 Å². The Kier molecular flexibility index (Phi) is 6.46. The van der Waals surface area contributed by atoms with Gasteiger partial charge in [0.2, 0.25) is 0 Å². The monoisotopic (exact) mass is 335 g/mol. The summed E-state index contributed by atoms with van der Waals surface area (Å²) in [4.78, 5) is 24.1. The predicted octanol–water partition coefficient (Wildman–Crippen LogP) is 2.70. The Bertz CT molecular complexity index is 583. The van der Waals surface area contributed by atoms with Crippen LogP contribution in [-0.2, 0) is 9.53 Å². The summed E-state index contributed by atoms with van der Waals surface area (Å²) in [6, 6.07) is 5.12. The molecule has 0 saturated heterocycles. The van der Waals surface area contributed by atoms with E-state index in [9.17, 15) is 9.59 Å². The highest BCUT2D eigenvalue weighted by Gasteiger charge is 2.27. The predicted molar refractivity (Wildman–Crippen MR) is 89.4 cm³/mol. The molecule has 132 valence electrons. The summed E-state index contributed by atoms with van der Waals surface area (Å²) in [6.07, 6.45) is 2.03. The van der Waals surface area contributed by atoms with Crippen LogP contribution in [0.3, 0.4) is 0 Å². The molecule has 0 spiro atoms. The molecular weight excluding hydrogens is 310 g/mol. The Hall–Kier alpha value is -2.24. The third-order valence-corrected chi connectivity index (χ3v) is 3.52. The van der Waals surface area contributed by atoms with E-state index in [1.54, 1.807) is 25.1 Å². The molecule has 0 aromatic heterocycles. The topological polar surface area (TPSA) is 73.9 Å². The highest BCUT2D eigenvalue weighted by atomic mass is 16.5. The first-order chi connectivity index (χ1) is 11.5. The fourth-order valence-electron chi connectivity index (χ4n) is 2.06. The Morgan fingerprint density at radius 1 is 1.21 bits per heavy atom. The number of ether oxygens (including phenoxy) is 3. The molecule has 1 aliphatic carbocycles. The van der Waals surface area contributed by atoms with Crippen molar-refractivity contribution in [3.63, 3.8) is 0 Å². The zero-order chi connectivity index (χ0) is 17.5. The van der Waals surface area contributed by atoms with Crippen LogP contribution in [0.4, 0.5) is 0 Å². The van der Waals surface area contributed by atoms with Crippen molar-refractivity contribution in [3.05, 3.63) is 23.8 Å². The number of hydrogen-bond donors (Lipinski definition) is 1. The summed E-state index contributed by atoms with van der Waals surface area (Å²) >= 11 is 0. The second-order valence-corrected chi connectivity index (χ2v) is 5.77. The van der Waals surface area contributed by atoms with Crippen molar-refractivity contribution in [3.8, 4) is 11.5 Å². The molecule has 0 aliphatic heterocycles. The molecule has 1 amide bonds. The van der Waals surface area contributed by atoms with E-state index in [4.69, 9.17) is 14.2 Å². The SMILES string of the molecule is CCCOc1ccc(C(=O)O[C@@H](C)C(=O)NC2CC2)cc1OCC. The number of rotatable bonds is 9. The van der Waals surface area contributed by atoms with Crippen molar-refractivity contribution < 1.29 is 23.8 Å². The quantitative estimate of drug-likeness (QED) is 0.702. The van der Waals surface area contributed by atoms with E-state index in [1.165, 1.54) is 0 Å². The molecule has 1 aromatic carbocycles. The van der Waals surface area contributed by atoms with E-state index in [-0.39, 0.29) is 11.9 Å². The second kappa shape index (κ2) is 8.57. The molecular formula is C18H25NO5. The lowest BCUT2D eigenvalue weighted by molar-refractivity contribution is -0.129. The molecule has 6 heteroatoms. The first kappa shape index (κ1) is 18.1. The number of esters is 1. The van der Waals surface area contributed by atoms with Crippen LogP contribution in [0.5, 0.6) is 11.5 Å². The van der Waals surface area contributed by atoms with Gasteiger partial charge in [-0.3, -0.25) is 4.79 Å². The fraction of sp³-hybridized carbons (Fsp3) is 0.556. The van der Waals surface area contributed by atoms with Crippen LogP contribution in [0.2, 0.25) is 0 Å². The van der Waals surface area contributed by atoms with Crippen LogP contribution in [-0.4, -0.2) is 37.2 Å². The summed E-state index contributed by atoms with van der Waals surface area (Å²) in [7, 11) is 0. The standard InChI is InChI=1S/C18H25NO5/c1-4-10-23-15-9-6-13(11-16(15)22-5-2)18(21)24-12(3)17(20)19-14-7-8-14/h6,9,11-12,14H,4-5,7-8,10H2,1-3H3,(H,19,20)/t12-/m0/s1. The fourth-order valence-corrected chi connectivity index (χ4v) is 2.06. The molecule has 1 aromatic rings. The van der Waals surface area contributed by atoms with Gasteiger partial charge in [-0.15, -0.1) is 0 Å². The van der Waals surface area contributed by atoms with Gasteiger partial charge in [0.25, 0.3) is 5.91 Å². The van der Waals surface area contributed by atoms with Crippen LogP contribution >= 0.6 is 0 Å². The Morgan fingerprint density at radius 2 is 1.96 bits per heavy atom. The van der Waals surface area contributed by atoms with Gasteiger partial charge >= 0.3 is 5.97 Å². The van der Waals surface area contributed by atoms with Gasteiger partial charge in [-0.25, -0.2) is 4.79 Å². The van der Waals surface area contributed by atoms with Gasteiger partial charge in [-0.2, -0.15) is 0 Å². The Labute approximate surface area is 142 Å². The molecule has 0 radical (unpaired) electrons. The highest BCUT2D eigenvalue weighted by Crippen LogP contribution is 2.29. The van der Waals surface area contributed by atoms with Gasteiger partial charge in [0.15, 0.2) is 17.6 Å². The van der Waals surface area contributed by atoms with E-state index in [1.807, 2.05) is 13.8 Å². The number of carbonyl (C=O) groups is 2. The molecule has 1 saturated carbocycles. The third kappa shape index (κ3) is 5.15. The number of hydrogen-bond acceptors (Lipinski definition) is 5. The lowest BCUT2D eigenvalue weighted by Crippen LogP contribution is -2.37. The molecule has 24 heavy (non-hydrogen) atoms. The summed E-state index contributed by atoms with van der Waals surface area (Å²) < 4.78 is 16.4. The maximum atomic E-state index is 12.2. The van der Waals surface area contributed by atoms with Gasteiger partial charge in [-0.05, 0) is 51.3 Å². The molecule has 1 N–H and O–H groups in total. The largest absolute Gasteiger partial charge is 0.490 e. The van der Waals surface area contributed by atoms with Crippen molar-refractivity contribution in [1.29, 1.82) is 0 Å². The molecule has 6 nitrogen and oxygen atoms in total. The van der Waals surface area contributed by atoms with Crippen LogP contribution in [0, 0.1) is 0 Å².